The third-order valence-electron chi connectivity index (χ3n) is 2.90. The predicted molar refractivity (Wildman–Crippen MR) is 62.5 cm³/mol. The minimum atomic E-state index is -0.262. The number of carbonyl (C=O) groups excluding carboxylic acids is 1. The molecule has 1 aromatic rings. The van der Waals surface area contributed by atoms with Crippen LogP contribution in [0.25, 0.3) is 0 Å². The van der Waals surface area contributed by atoms with Crippen molar-refractivity contribution in [2.45, 2.75) is 18.9 Å². The summed E-state index contributed by atoms with van der Waals surface area (Å²) in [5.74, 6) is 1.61. The van der Waals surface area contributed by atoms with Crippen LogP contribution in [0.15, 0.2) is 18.2 Å². The highest BCUT2D eigenvalue weighted by molar-refractivity contribution is 5.80. The third kappa shape index (κ3) is 2.42. The Labute approximate surface area is 100 Å². The summed E-state index contributed by atoms with van der Waals surface area (Å²) in [5, 5.41) is 0. The van der Waals surface area contributed by atoms with Crippen molar-refractivity contribution in [2.75, 3.05) is 20.8 Å². The normalized spacial score (nSPS) is 20.1. The van der Waals surface area contributed by atoms with E-state index in [1.165, 1.54) is 0 Å². The lowest BCUT2D eigenvalue weighted by molar-refractivity contribution is -0.128. The summed E-state index contributed by atoms with van der Waals surface area (Å²) in [6.07, 6.45) is 0.618. The molecule has 4 nitrogen and oxygen atoms in total. The van der Waals surface area contributed by atoms with E-state index in [0.29, 0.717) is 30.9 Å². The zero-order chi connectivity index (χ0) is 12.3. The van der Waals surface area contributed by atoms with Gasteiger partial charge in [0.25, 0.3) is 0 Å². The van der Waals surface area contributed by atoms with Crippen molar-refractivity contribution >= 4 is 5.78 Å². The van der Waals surface area contributed by atoms with E-state index in [-0.39, 0.29) is 11.9 Å². The lowest BCUT2D eigenvalue weighted by Crippen LogP contribution is -2.20. The van der Waals surface area contributed by atoms with E-state index in [0.717, 1.165) is 5.56 Å². The van der Waals surface area contributed by atoms with Gasteiger partial charge in [0.2, 0.25) is 0 Å². The second kappa shape index (κ2) is 5.19. The lowest BCUT2D eigenvalue weighted by Gasteiger charge is -2.25. The standard InChI is InChI=1S/C13H16O4/c1-15-10-4-3-5-11(16-2)13(10)12-8-9(14)6-7-17-12/h3-5,12H,6-8H2,1-2H3. The minimum absolute atomic E-state index is 0.217. The maximum atomic E-state index is 11.5. The van der Waals surface area contributed by atoms with Gasteiger partial charge in [-0.1, -0.05) is 6.07 Å². The molecule has 0 spiro atoms. The van der Waals surface area contributed by atoms with Gasteiger partial charge in [0.15, 0.2) is 0 Å². The number of hydrogen-bond acceptors (Lipinski definition) is 4. The first-order valence-electron chi connectivity index (χ1n) is 5.60. The van der Waals surface area contributed by atoms with Gasteiger partial charge >= 0.3 is 0 Å². The Hall–Kier alpha value is -1.55. The molecule has 1 fully saturated rings. The maximum Gasteiger partial charge on any atom is 0.138 e. The van der Waals surface area contributed by atoms with E-state index in [4.69, 9.17) is 14.2 Å². The number of rotatable bonds is 3. The van der Waals surface area contributed by atoms with Crippen LogP contribution in [0.2, 0.25) is 0 Å². The van der Waals surface area contributed by atoms with Gasteiger partial charge in [0.1, 0.15) is 17.3 Å². The number of carbonyl (C=O) groups is 1. The fourth-order valence-electron chi connectivity index (χ4n) is 2.07. The molecule has 0 aromatic heterocycles. The third-order valence-corrected chi connectivity index (χ3v) is 2.90. The van der Waals surface area contributed by atoms with Crippen LogP contribution >= 0.6 is 0 Å². The number of methoxy groups -OCH3 is 2. The summed E-state index contributed by atoms with van der Waals surface area (Å²) in [5.41, 5.74) is 0.825. The van der Waals surface area contributed by atoms with Gasteiger partial charge in [-0.3, -0.25) is 4.79 Å². The molecule has 0 saturated carbocycles. The van der Waals surface area contributed by atoms with Gasteiger partial charge in [-0.05, 0) is 12.1 Å². The summed E-state index contributed by atoms with van der Waals surface area (Å²) in [7, 11) is 3.20. The van der Waals surface area contributed by atoms with E-state index < -0.39 is 0 Å². The molecule has 1 aliphatic rings. The smallest absolute Gasteiger partial charge is 0.138 e. The van der Waals surface area contributed by atoms with Gasteiger partial charge in [0.05, 0.1) is 32.5 Å². The Morgan fingerprint density at radius 1 is 1.24 bits per heavy atom. The minimum Gasteiger partial charge on any atom is -0.496 e. The number of hydrogen-bond donors (Lipinski definition) is 0. The maximum absolute atomic E-state index is 11.5. The largest absolute Gasteiger partial charge is 0.496 e. The summed E-state index contributed by atoms with van der Waals surface area (Å²) in [4.78, 5) is 11.5. The highest BCUT2D eigenvalue weighted by atomic mass is 16.5. The van der Waals surface area contributed by atoms with Crippen LogP contribution in [0, 0.1) is 0 Å². The number of ether oxygens (including phenoxy) is 3. The Kier molecular flexibility index (Phi) is 3.64. The van der Waals surface area contributed by atoms with Crippen molar-refractivity contribution in [1.29, 1.82) is 0 Å². The molecule has 0 aliphatic carbocycles. The fraction of sp³-hybridized carbons (Fsp3) is 0.462. The molecular formula is C13H16O4. The molecule has 2 rings (SSSR count). The zero-order valence-corrected chi connectivity index (χ0v) is 10.1. The van der Waals surface area contributed by atoms with Crippen molar-refractivity contribution < 1.29 is 19.0 Å². The molecule has 0 radical (unpaired) electrons. The fourth-order valence-corrected chi connectivity index (χ4v) is 2.07. The van der Waals surface area contributed by atoms with Crippen molar-refractivity contribution in [3.8, 4) is 11.5 Å². The molecule has 1 atom stereocenters. The average Bonchev–Trinajstić information content (AvgIpc) is 2.37. The SMILES string of the molecule is COc1cccc(OC)c1C1CC(=O)CCO1. The quantitative estimate of drug-likeness (QED) is 0.806. The van der Waals surface area contributed by atoms with Crippen LogP contribution in [0.5, 0.6) is 11.5 Å². The molecule has 1 saturated heterocycles. The molecule has 1 unspecified atom stereocenters. The molecule has 4 heteroatoms. The van der Waals surface area contributed by atoms with Crippen LogP contribution in [-0.4, -0.2) is 26.6 Å². The predicted octanol–water partition coefficient (Wildman–Crippen LogP) is 2.12. The number of ketones is 1. The highest BCUT2D eigenvalue weighted by Gasteiger charge is 2.27. The average molecular weight is 236 g/mol. The van der Waals surface area contributed by atoms with E-state index in [9.17, 15) is 4.79 Å². The van der Waals surface area contributed by atoms with E-state index in [1.54, 1.807) is 14.2 Å². The molecule has 17 heavy (non-hydrogen) atoms. The van der Waals surface area contributed by atoms with Crippen LogP contribution in [0.1, 0.15) is 24.5 Å². The molecular weight excluding hydrogens is 220 g/mol. The van der Waals surface area contributed by atoms with Crippen molar-refractivity contribution in [3.05, 3.63) is 23.8 Å². The van der Waals surface area contributed by atoms with Gasteiger partial charge in [-0.15, -0.1) is 0 Å². The first kappa shape index (κ1) is 11.9. The first-order valence-corrected chi connectivity index (χ1v) is 5.60. The van der Waals surface area contributed by atoms with Crippen molar-refractivity contribution in [1.82, 2.24) is 0 Å². The Bertz CT molecular complexity index is 392. The summed E-state index contributed by atoms with van der Waals surface area (Å²) >= 11 is 0. The highest BCUT2D eigenvalue weighted by Crippen LogP contribution is 2.39. The van der Waals surface area contributed by atoms with Crippen LogP contribution in [0.4, 0.5) is 0 Å². The van der Waals surface area contributed by atoms with Crippen LogP contribution in [-0.2, 0) is 9.53 Å². The summed E-state index contributed by atoms with van der Waals surface area (Å²) in [6, 6.07) is 5.55. The van der Waals surface area contributed by atoms with Gasteiger partial charge in [0, 0.05) is 12.8 Å². The number of benzene rings is 1. The summed E-state index contributed by atoms with van der Waals surface area (Å²) < 4.78 is 16.2. The van der Waals surface area contributed by atoms with Gasteiger partial charge < -0.3 is 14.2 Å². The molecule has 0 N–H and O–H groups in total. The Morgan fingerprint density at radius 2 is 1.88 bits per heavy atom. The molecule has 1 aromatic carbocycles. The van der Waals surface area contributed by atoms with Crippen LogP contribution < -0.4 is 9.47 Å². The van der Waals surface area contributed by atoms with Gasteiger partial charge in [-0.2, -0.15) is 0 Å². The van der Waals surface area contributed by atoms with Crippen molar-refractivity contribution in [2.24, 2.45) is 0 Å². The van der Waals surface area contributed by atoms with E-state index in [2.05, 4.69) is 0 Å². The second-order valence-electron chi connectivity index (χ2n) is 3.93. The molecule has 0 bridgehead atoms. The van der Waals surface area contributed by atoms with E-state index >= 15 is 0 Å². The Balaban J connectivity index is 2.37. The Morgan fingerprint density at radius 3 is 2.41 bits per heavy atom. The molecule has 1 heterocycles. The molecule has 0 amide bonds. The lowest BCUT2D eigenvalue weighted by atomic mass is 9.98. The van der Waals surface area contributed by atoms with Gasteiger partial charge in [-0.25, -0.2) is 0 Å². The second-order valence-corrected chi connectivity index (χ2v) is 3.93. The number of Topliss-reactive ketones (excluding diaryl/α,β-unsaturated/α-hetero) is 1. The monoisotopic (exact) mass is 236 g/mol. The molecule has 92 valence electrons. The van der Waals surface area contributed by atoms with E-state index in [1.807, 2.05) is 18.2 Å². The van der Waals surface area contributed by atoms with Crippen molar-refractivity contribution in [3.63, 3.8) is 0 Å². The zero-order valence-electron chi connectivity index (χ0n) is 10.1. The topological polar surface area (TPSA) is 44.8 Å². The van der Waals surface area contributed by atoms with Crippen LogP contribution in [0.3, 0.4) is 0 Å². The summed E-state index contributed by atoms with van der Waals surface area (Å²) in [6.45, 7) is 0.463. The molecule has 1 aliphatic heterocycles. The first-order chi connectivity index (χ1) is 8.26.